The Morgan fingerprint density at radius 1 is 1.16 bits per heavy atom. The molecule has 0 atom stereocenters. The Bertz CT molecular complexity index is 553. The topological polar surface area (TPSA) is 66.0 Å². The molecule has 1 aromatic carbocycles. The Kier molecular flexibility index (Phi) is 10.5. The summed E-state index contributed by atoms with van der Waals surface area (Å²) in [5.41, 5.74) is 0.801. The number of guanidine groups is 1. The van der Waals surface area contributed by atoms with E-state index >= 15 is 0 Å². The average molecular weight is 462 g/mol. The van der Waals surface area contributed by atoms with Gasteiger partial charge in [0.15, 0.2) is 5.96 Å². The van der Waals surface area contributed by atoms with Crippen LogP contribution in [0.4, 0.5) is 0 Å². The molecule has 0 saturated carbocycles. The minimum Gasteiger partial charge on any atom is -0.497 e. The average Bonchev–Trinajstić information content (AvgIpc) is 2.54. The number of nitrogens with zero attached hydrogens (tertiary/aromatic N) is 2. The number of aliphatic imine (C=N–C) groups is 1. The predicted molar refractivity (Wildman–Crippen MR) is 114 cm³/mol. The molecule has 0 aliphatic heterocycles. The van der Waals surface area contributed by atoms with Crippen LogP contribution in [-0.4, -0.2) is 51.1 Å². The molecule has 1 rings (SSSR count). The molecule has 0 fully saturated rings. The van der Waals surface area contributed by atoms with Gasteiger partial charge in [-0.15, -0.1) is 24.0 Å². The highest BCUT2D eigenvalue weighted by Gasteiger charge is 2.20. The third kappa shape index (κ3) is 8.42. The van der Waals surface area contributed by atoms with Crippen LogP contribution >= 0.6 is 24.0 Å². The lowest BCUT2D eigenvalue weighted by molar-refractivity contribution is -0.128. The molecule has 1 amide bonds. The number of hydrogen-bond acceptors (Lipinski definition) is 3. The first kappa shape index (κ1) is 23.5. The molecule has 0 aliphatic carbocycles. The van der Waals surface area contributed by atoms with E-state index in [1.165, 1.54) is 5.56 Å². The quantitative estimate of drug-likeness (QED) is 0.295. The fraction of sp³-hybridized carbons (Fsp3) is 0.556. The van der Waals surface area contributed by atoms with Gasteiger partial charge in [0.2, 0.25) is 5.91 Å². The molecule has 0 unspecified atom stereocenters. The molecular formula is C18H31IN4O2. The van der Waals surface area contributed by atoms with Crippen molar-refractivity contribution in [2.24, 2.45) is 10.4 Å². The van der Waals surface area contributed by atoms with Gasteiger partial charge in [0.05, 0.1) is 7.11 Å². The van der Waals surface area contributed by atoms with Crippen LogP contribution in [-0.2, 0) is 11.3 Å². The highest BCUT2D eigenvalue weighted by molar-refractivity contribution is 14.0. The predicted octanol–water partition coefficient (Wildman–Crippen LogP) is 2.48. The van der Waals surface area contributed by atoms with Crippen LogP contribution in [0.1, 0.15) is 26.3 Å². The third-order valence-corrected chi connectivity index (χ3v) is 3.53. The van der Waals surface area contributed by atoms with E-state index in [2.05, 4.69) is 15.6 Å². The molecule has 1 aromatic rings. The standard InChI is InChI=1S/C18H30N4O2.HI/c1-18(2,3)16(23)20-11-12-21-17(19-4)22(5)13-14-7-9-15(24-6)10-8-14;/h7-10H,11-13H2,1-6H3,(H,19,21)(H,20,23);1H. The van der Waals surface area contributed by atoms with Gasteiger partial charge in [-0.1, -0.05) is 32.9 Å². The molecule has 2 N–H and O–H groups in total. The number of methoxy groups -OCH3 is 1. The fourth-order valence-corrected chi connectivity index (χ4v) is 2.08. The first-order valence-corrected chi connectivity index (χ1v) is 8.11. The van der Waals surface area contributed by atoms with E-state index in [0.717, 1.165) is 18.3 Å². The van der Waals surface area contributed by atoms with Gasteiger partial charge in [-0.2, -0.15) is 0 Å². The molecule has 0 spiro atoms. The lowest BCUT2D eigenvalue weighted by atomic mass is 9.96. The largest absolute Gasteiger partial charge is 0.497 e. The van der Waals surface area contributed by atoms with Crippen LogP contribution in [0.3, 0.4) is 0 Å². The SMILES string of the molecule is CN=C(NCCNC(=O)C(C)(C)C)N(C)Cc1ccc(OC)cc1.I. The molecule has 0 aromatic heterocycles. The second-order valence-corrected chi connectivity index (χ2v) is 6.68. The lowest BCUT2D eigenvalue weighted by Gasteiger charge is -2.23. The van der Waals surface area contributed by atoms with Crippen molar-refractivity contribution in [3.05, 3.63) is 29.8 Å². The number of carbonyl (C=O) groups is 1. The third-order valence-electron chi connectivity index (χ3n) is 3.53. The molecule has 0 radical (unpaired) electrons. The first-order chi connectivity index (χ1) is 11.3. The first-order valence-electron chi connectivity index (χ1n) is 8.11. The zero-order chi connectivity index (χ0) is 18.2. The minimum atomic E-state index is -0.368. The summed E-state index contributed by atoms with van der Waals surface area (Å²) in [6.45, 7) is 7.62. The number of hydrogen-bond donors (Lipinski definition) is 2. The number of nitrogens with one attached hydrogen (secondary N) is 2. The van der Waals surface area contributed by atoms with Gasteiger partial charge >= 0.3 is 0 Å². The summed E-state index contributed by atoms with van der Waals surface area (Å²) >= 11 is 0. The van der Waals surface area contributed by atoms with Gasteiger partial charge in [0.1, 0.15) is 5.75 Å². The fourth-order valence-electron chi connectivity index (χ4n) is 2.08. The summed E-state index contributed by atoms with van der Waals surface area (Å²) in [4.78, 5) is 18.1. The van der Waals surface area contributed by atoms with Crippen LogP contribution in [0.2, 0.25) is 0 Å². The molecule has 0 heterocycles. The Morgan fingerprint density at radius 3 is 2.20 bits per heavy atom. The van der Waals surface area contributed by atoms with Crippen LogP contribution in [0.5, 0.6) is 5.75 Å². The van der Waals surface area contributed by atoms with Gasteiger partial charge in [0, 0.05) is 39.1 Å². The Hall–Kier alpha value is -1.51. The van der Waals surface area contributed by atoms with Crippen molar-refractivity contribution in [2.45, 2.75) is 27.3 Å². The van der Waals surface area contributed by atoms with Gasteiger partial charge in [0.25, 0.3) is 0 Å². The monoisotopic (exact) mass is 462 g/mol. The normalized spacial score (nSPS) is 11.4. The van der Waals surface area contributed by atoms with E-state index < -0.39 is 0 Å². The van der Waals surface area contributed by atoms with Crippen molar-refractivity contribution in [1.29, 1.82) is 0 Å². The molecule has 6 nitrogen and oxygen atoms in total. The molecule has 0 aliphatic rings. The van der Waals surface area contributed by atoms with E-state index in [4.69, 9.17) is 4.74 Å². The van der Waals surface area contributed by atoms with Gasteiger partial charge in [-0.3, -0.25) is 9.79 Å². The smallest absolute Gasteiger partial charge is 0.225 e. The molecule has 25 heavy (non-hydrogen) atoms. The zero-order valence-corrected chi connectivity index (χ0v) is 18.4. The Labute approximate surface area is 168 Å². The van der Waals surface area contributed by atoms with Gasteiger partial charge in [-0.25, -0.2) is 0 Å². The highest BCUT2D eigenvalue weighted by Crippen LogP contribution is 2.13. The second kappa shape index (κ2) is 11.2. The maximum Gasteiger partial charge on any atom is 0.225 e. The molecule has 0 bridgehead atoms. The van der Waals surface area contributed by atoms with Crippen LogP contribution in [0.15, 0.2) is 29.3 Å². The molecular weight excluding hydrogens is 431 g/mol. The van der Waals surface area contributed by atoms with Gasteiger partial charge < -0.3 is 20.3 Å². The van der Waals surface area contributed by atoms with E-state index in [9.17, 15) is 4.79 Å². The number of amides is 1. The van der Waals surface area contributed by atoms with E-state index in [1.807, 2.05) is 57.0 Å². The van der Waals surface area contributed by atoms with Crippen LogP contribution in [0.25, 0.3) is 0 Å². The Morgan fingerprint density at radius 2 is 1.72 bits per heavy atom. The zero-order valence-electron chi connectivity index (χ0n) is 16.0. The number of halogens is 1. The summed E-state index contributed by atoms with van der Waals surface area (Å²) < 4.78 is 5.17. The van der Waals surface area contributed by atoms with Crippen LogP contribution < -0.4 is 15.4 Å². The van der Waals surface area contributed by atoms with E-state index in [0.29, 0.717) is 13.1 Å². The second-order valence-electron chi connectivity index (χ2n) is 6.68. The maximum atomic E-state index is 11.8. The van der Waals surface area contributed by atoms with Crippen molar-refractivity contribution in [1.82, 2.24) is 15.5 Å². The van der Waals surface area contributed by atoms with Crippen molar-refractivity contribution < 1.29 is 9.53 Å². The minimum absolute atomic E-state index is 0. The summed E-state index contributed by atoms with van der Waals surface area (Å²) in [6, 6.07) is 7.96. The highest BCUT2D eigenvalue weighted by atomic mass is 127. The van der Waals surface area contributed by atoms with Crippen molar-refractivity contribution in [3.8, 4) is 5.75 Å². The number of carbonyl (C=O) groups excluding carboxylic acids is 1. The molecule has 142 valence electrons. The van der Waals surface area contributed by atoms with Crippen LogP contribution in [0, 0.1) is 5.41 Å². The van der Waals surface area contributed by atoms with Crippen molar-refractivity contribution in [3.63, 3.8) is 0 Å². The summed E-state index contributed by atoms with van der Waals surface area (Å²) in [6.07, 6.45) is 0. The van der Waals surface area contributed by atoms with Crippen molar-refractivity contribution in [2.75, 3.05) is 34.3 Å². The Balaban J connectivity index is 0.00000576. The number of rotatable bonds is 6. The summed E-state index contributed by atoms with van der Waals surface area (Å²) in [5, 5.41) is 6.17. The van der Waals surface area contributed by atoms with E-state index in [-0.39, 0.29) is 35.3 Å². The lowest BCUT2D eigenvalue weighted by Crippen LogP contribution is -2.43. The molecule has 0 saturated heterocycles. The number of benzene rings is 1. The number of ether oxygens (including phenoxy) is 1. The van der Waals surface area contributed by atoms with Gasteiger partial charge in [-0.05, 0) is 17.7 Å². The maximum absolute atomic E-state index is 11.8. The summed E-state index contributed by atoms with van der Waals surface area (Å²) in [5.74, 6) is 1.68. The molecule has 7 heteroatoms. The van der Waals surface area contributed by atoms with Crippen molar-refractivity contribution >= 4 is 35.8 Å². The van der Waals surface area contributed by atoms with E-state index in [1.54, 1.807) is 14.2 Å². The summed E-state index contributed by atoms with van der Waals surface area (Å²) in [7, 11) is 5.39.